The Labute approximate surface area is 130 Å². The molecule has 1 aromatic carbocycles. The fourth-order valence-corrected chi connectivity index (χ4v) is 3.53. The third-order valence-electron chi connectivity index (χ3n) is 4.98. The Morgan fingerprint density at radius 1 is 1.23 bits per heavy atom. The number of benzene rings is 1. The molecule has 1 N–H and O–H groups in total. The van der Waals surface area contributed by atoms with Gasteiger partial charge in [0.25, 0.3) is 0 Å². The van der Waals surface area contributed by atoms with E-state index in [1.807, 2.05) is 6.20 Å². The molecule has 0 aliphatic carbocycles. The summed E-state index contributed by atoms with van der Waals surface area (Å²) in [6.07, 6.45) is 2.91. The van der Waals surface area contributed by atoms with E-state index in [2.05, 4.69) is 65.1 Å². The predicted molar refractivity (Wildman–Crippen MR) is 89.3 cm³/mol. The smallest absolute Gasteiger partial charge is 0.176 e. The lowest BCUT2D eigenvalue weighted by molar-refractivity contribution is 0.615. The maximum atomic E-state index is 4.45. The molecule has 4 rings (SSSR count). The van der Waals surface area contributed by atoms with Gasteiger partial charge in [0.15, 0.2) is 5.82 Å². The van der Waals surface area contributed by atoms with Crippen molar-refractivity contribution in [2.24, 2.45) is 0 Å². The molecule has 0 saturated carbocycles. The summed E-state index contributed by atoms with van der Waals surface area (Å²) < 4.78 is 0. The number of rotatable bonds is 1. The highest BCUT2D eigenvalue weighted by molar-refractivity contribution is 5.92. The minimum Gasteiger partial charge on any atom is -0.355 e. The first kappa shape index (κ1) is 13.3. The van der Waals surface area contributed by atoms with Crippen LogP contribution in [-0.4, -0.2) is 21.7 Å². The fraction of sp³-hybridized carbons (Fsp3) is 0.333. The van der Waals surface area contributed by atoms with Crippen molar-refractivity contribution < 1.29 is 0 Å². The molecule has 4 nitrogen and oxygen atoms in total. The van der Waals surface area contributed by atoms with Crippen LogP contribution in [0, 0.1) is 13.8 Å². The Kier molecular flexibility index (Phi) is 2.93. The zero-order valence-electron chi connectivity index (χ0n) is 13.2. The van der Waals surface area contributed by atoms with Gasteiger partial charge in [-0.3, -0.25) is 0 Å². The number of H-pyrrole nitrogens is 1. The number of hydrogen-bond donors (Lipinski definition) is 1. The number of hydrogen-bond acceptors (Lipinski definition) is 3. The Morgan fingerprint density at radius 2 is 2.05 bits per heavy atom. The molecule has 2 aromatic heterocycles. The largest absolute Gasteiger partial charge is 0.355 e. The molecule has 1 unspecified atom stereocenters. The molecule has 1 atom stereocenters. The highest BCUT2D eigenvalue weighted by Crippen LogP contribution is 2.35. The SMILES string of the molecule is Cc1[nH]c2c(N3CCc4ccccc4C3C)nncc2c1C. The molecule has 112 valence electrons. The van der Waals surface area contributed by atoms with Gasteiger partial charge in [-0.1, -0.05) is 24.3 Å². The Bertz CT molecular complexity index is 849. The molecule has 0 saturated heterocycles. The third-order valence-corrected chi connectivity index (χ3v) is 4.98. The minimum atomic E-state index is 0.314. The highest BCUT2D eigenvalue weighted by atomic mass is 15.3. The number of aromatic nitrogens is 3. The van der Waals surface area contributed by atoms with Crippen molar-refractivity contribution in [1.82, 2.24) is 15.2 Å². The molecule has 0 radical (unpaired) electrons. The van der Waals surface area contributed by atoms with Gasteiger partial charge in [0.1, 0.15) is 0 Å². The van der Waals surface area contributed by atoms with Crippen LogP contribution in [0.25, 0.3) is 10.9 Å². The summed E-state index contributed by atoms with van der Waals surface area (Å²) >= 11 is 0. The van der Waals surface area contributed by atoms with Crippen molar-refractivity contribution in [3.8, 4) is 0 Å². The summed E-state index contributed by atoms with van der Waals surface area (Å²) in [5.74, 6) is 0.968. The lowest BCUT2D eigenvalue weighted by atomic mass is 9.93. The van der Waals surface area contributed by atoms with Crippen LogP contribution >= 0.6 is 0 Å². The summed E-state index contributed by atoms with van der Waals surface area (Å²) in [6.45, 7) is 7.47. The number of anilines is 1. The maximum Gasteiger partial charge on any atom is 0.176 e. The number of aryl methyl sites for hydroxylation is 2. The molecule has 3 heterocycles. The van der Waals surface area contributed by atoms with Crippen LogP contribution in [0.4, 0.5) is 5.82 Å². The molecule has 0 fully saturated rings. The Hall–Kier alpha value is -2.36. The van der Waals surface area contributed by atoms with E-state index >= 15 is 0 Å². The second-order valence-corrected chi connectivity index (χ2v) is 6.15. The molecule has 4 heteroatoms. The normalized spacial score (nSPS) is 17.8. The summed E-state index contributed by atoms with van der Waals surface area (Å²) in [4.78, 5) is 5.86. The van der Waals surface area contributed by atoms with E-state index < -0.39 is 0 Å². The molecule has 1 aliphatic rings. The van der Waals surface area contributed by atoms with E-state index in [1.54, 1.807) is 0 Å². The minimum absolute atomic E-state index is 0.314. The first-order valence-electron chi connectivity index (χ1n) is 7.82. The molecule has 3 aromatic rings. The van der Waals surface area contributed by atoms with Crippen molar-refractivity contribution >= 4 is 16.7 Å². The maximum absolute atomic E-state index is 4.45. The summed E-state index contributed by atoms with van der Waals surface area (Å²) in [7, 11) is 0. The van der Waals surface area contributed by atoms with Gasteiger partial charge in [-0.15, -0.1) is 5.10 Å². The van der Waals surface area contributed by atoms with Crippen molar-refractivity contribution in [1.29, 1.82) is 0 Å². The van der Waals surface area contributed by atoms with Crippen LogP contribution in [0.15, 0.2) is 30.5 Å². The topological polar surface area (TPSA) is 44.8 Å². The van der Waals surface area contributed by atoms with Crippen LogP contribution in [0.1, 0.15) is 35.3 Å². The van der Waals surface area contributed by atoms with Gasteiger partial charge in [-0.25, -0.2) is 0 Å². The van der Waals surface area contributed by atoms with Crippen molar-refractivity contribution in [2.45, 2.75) is 33.2 Å². The number of nitrogens with zero attached hydrogens (tertiary/aromatic N) is 3. The van der Waals surface area contributed by atoms with Crippen LogP contribution in [0.3, 0.4) is 0 Å². The standard InChI is InChI=1S/C18H20N4/c1-11-12(2)20-17-16(11)10-19-21-18(17)22-9-8-14-6-4-5-7-15(14)13(22)3/h4-7,10,13,20H,8-9H2,1-3H3. The van der Waals surface area contributed by atoms with Crippen molar-refractivity contribution in [3.05, 3.63) is 52.8 Å². The molecule has 0 spiro atoms. The van der Waals surface area contributed by atoms with Crippen LogP contribution in [-0.2, 0) is 6.42 Å². The molecule has 22 heavy (non-hydrogen) atoms. The van der Waals surface area contributed by atoms with E-state index in [9.17, 15) is 0 Å². The van der Waals surface area contributed by atoms with E-state index in [0.717, 1.165) is 24.3 Å². The Morgan fingerprint density at radius 3 is 2.91 bits per heavy atom. The van der Waals surface area contributed by atoms with Gasteiger partial charge >= 0.3 is 0 Å². The molecular weight excluding hydrogens is 272 g/mol. The lowest BCUT2D eigenvalue weighted by Gasteiger charge is -2.36. The number of aromatic amines is 1. The first-order valence-corrected chi connectivity index (χ1v) is 7.82. The first-order chi connectivity index (χ1) is 10.7. The van der Waals surface area contributed by atoms with E-state index in [-0.39, 0.29) is 0 Å². The lowest BCUT2D eigenvalue weighted by Crippen LogP contribution is -2.34. The number of nitrogens with one attached hydrogen (secondary N) is 1. The second kappa shape index (κ2) is 4.83. The average molecular weight is 292 g/mol. The van der Waals surface area contributed by atoms with E-state index in [1.165, 1.54) is 27.8 Å². The monoisotopic (exact) mass is 292 g/mol. The van der Waals surface area contributed by atoms with Crippen molar-refractivity contribution in [3.63, 3.8) is 0 Å². The molecule has 0 bridgehead atoms. The van der Waals surface area contributed by atoms with Gasteiger partial charge in [0.05, 0.1) is 17.8 Å². The quantitative estimate of drug-likeness (QED) is 0.744. The van der Waals surface area contributed by atoms with Crippen LogP contribution in [0.2, 0.25) is 0 Å². The van der Waals surface area contributed by atoms with E-state index in [0.29, 0.717) is 6.04 Å². The molecule has 1 aliphatic heterocycles. The highest BCUT2D eigenvalue weighted by Gasteiger charge is 2.26. The average Bonchev–Trinajstić information content (AvgIpc) is 2.83. The summed E-state index contributed by atoms with van der Waals surface area (Å²) in [5.41, 5.74) is 6.40. The fourth-order valence-electron chi connectivity index (χ4n) is 3.53. The Balaban J connectivity index is 1.85. The van der Waals surface area contributed by atoms with Gasteiger partial charge in [0.2, 0.25) is 0 Å². The second-order valence-electron chi connectivity index (χ2n) is 6.15. The predicted octanol–water partition coefficient (Wildman–Crippen LogP) is 3.70. The third kappa shape index (κ3) is 1.83. The van der Waals surface area contributed by atoms with Gasteiger partial charge in [-0.2, -0.15) is 5.10 Å². The van der Waals surface area contributed by atoms with Crippen molar-refractivity contribution in [2.75, 3.05) is 11.4 Å². The molecular formula is C18H20N4. The van der Waals surface area contributed by atoms with E-state index in [4.69, 9.17) is 0 Å². The summed E-state index contributed by atoms with van der Waals surface area (Å²) in [5, 5.41) is 9.87. The molecule has 0 amide bonds. The zero-order valence-corrected chi connectivity index (χ0v) is 13.2. The summed E-state index contributed by atoms with van der Waals surface area (Å²) in [6, 6.07) is 9.02. The van der Waals surface area contributed by atoms with Gasteiger partial charge in [0, 0.05) is 17.6 Å². The van der Waals surface area contributed by atoms with Gasteiger partial charge in [-0.05, 0) is 43.9 Å². The van der Waals surface area contributed by atoms with Gasteiger partial charge < -0.3 is 9.88 Å². The zero-order chi connectivity index (χ0) is 15.3. The van der Waals surface area contributed by atoms with Crippen LogP contribution in [0.5, 0.6) is 0 Å². The number of fused-ring (bicyclic) bond motifs is 2. The van der Waals surface area contributed by atoms with Crippen LogP contribution < -0.4 is 4.90 Å².